The van der Waals surface area contributed by atoms with Crippen molar-refractivity contribution in [1.29, 1.82) is 0 Å². The number of nitrogens with zero attached hydrogens (tertiary/aromatic N) is 2. The Kier molecular flexibility index (Phi) is 4.10. The molecule has 0 aliphatic carbocycles. The molecule has 16 heavy (non-hydrogen) atoms. The van der Waals surface area contributed by atoms with Gasteiger partial charge in [0.05, 0.1) is 17.6 Å². The predicted molar refractivity (Wildman–Crippen MR) is 61.0 cm³/mol. The van der Waals surface area contributed by atoms with E-state index in [9.17, 15) is 8.78 Å². The highest BCUT2D eigenvalue weighted by Gasteiger charge is 2.04. The summed E-state index contributed by atoms with van der Waals surface area (Å²) in [4.78, 5) is 3.86. The quantitative estimate of drug-likeness (QED) is 0.480. The molecule has 0 saturated heterocycles. The minimum Gasteiger partial charge on any atom is -0.323 e. The van der Waals surface area contributed by atoms with Gasteiger partial charge in [-0.25, -0.2) is 8.78 Å². The molecule has 0 heterocycles. The van der Waals surface area contributed by atoms with Crippen molar-refractivity contribution < 1.29 is 8.78 Å². The van der Waals surface area contributed by atoms with Crippen LogP contribution in [0.3, 0.4) is 0 Å². The highest BCUT2D eigenvalue weighted by Crippen LogP contribution is 2.17. The second kappa shape index (κ2) is 5.34. The van der Waals surface area contributed by atoms with E-state index in [-0.39, 0.29) is 11.6 Å². The molecule has 0 atom stereocenters. The lowest BCUT2D eigenvalue weighted by molar-refractivity contribution is 0.585. The Balaban J connectivity index is 2.92. The average Bonchev–Trinajstić information content (AvgIpc) is 2.21. The van der Waals surface area contributed by atoms with E-state index in [1.807, 2.05) is 13.8 Å². The van der Waals surface area contributed by atoms with Crippen molar-refractivity contribution in [3.05, 3.63) is 29.8 Å². The number of rotatable bonds is 3. The van der Waals surface area contributed by atoms with Gasteiger partial charge in [-0.2, -0.15) is 5.10 Å². The number of aliphatic imine (C=N–C) groups is 1. The highest BCUT2D eigenvalue weighted by atomic mass is 19.1. The molecule has 0 bridgehead atoms. The molecule has 1 rings (SSSR count). The summed E-state index contributed by atoms with van der Waals surface area (Å²) in [5, 5.41) is 3.52. The molecule has 0 fully saturated rings. The number of hydrogen-bond acceptors (Lipinski definition) is 3. The Hall–Kier alpha value is -1.78. The van der Waals surface area contributed by atoms with Crippen molar-refractivity contribution in [2.24, 2.45) is 21.9 Å². The molecule has 0 aliphatic heterocycles. The van der Waals surface area contributed by atoms with Gasteiger partial charge in [0.2, 0.25) is 0 Å². The second-order valence-electron chi connectivity index (χ2n) is 3.56. The molecule has 5 heteroatoms. The Morgan fingerprint density at radius 1 is 1.38 bits per heavy atom. The van der Waals surface area contributed by atoms with Gasteiger partial charge in [0.15, 0.2) is 5.82 Å². The molecule has 0 radical (unpaired) electrons. The zero-order valence-electron chi connectivity index (χ0n) is 9.11. The maximum atomic E-state index is 13.2. The number of halogens is 2. The van der Waals surface area contributed by atoms with Crippen LogP contribution in [0.4, 0.5) is 14.5 Å². The van der Waals surface area contributed by atoms with Gasteiger partial charge in [-0.15, -0.1) is 0 Å². The first-order valence-corrected chi connectivity index (χ1v) is 4.81. The predicted octanol–water partition coefficient (Wildman–Crippen LogP) is 2.64. The molecule has 0 unspecified atom stereocenters. The lowest BCUT2D eigenvalue weighted by Crippen LogP contribution is -2.11. The molecule has 3 nitrogen and oxygen atoms in total. The third-order valence-corrected chi connectivity index (χ3v) is 1.99. The fourth-order valence-electron chi connectivity index (χ4n) is 1.05. The molecule has 0 saturated carbocycles. The molecule has 1 aromatic rings. The summed E-state index contributed by atoms with van der Waals surface area (Å²) in [6.45, 7) is 3.78. The molecular weight excluding hydrogens is 212 g/mol. The first-order valence-electron chi connectivity index (χ1n) is 4.81. The van der Waals surface area contributed by atoms with Gasteiger partial charge < -0.3 is 5.84 Å². The van der Waals surface area contributed by atoms with Crippen molar-refractivity contribution in [2.75, 3.05) is 0 Å². The maximum Gasteiger partial charge on any atom is 0.151 e. The third kappa shape index (κ3) is 3.12. The smallest absolute Gasteiger partial charge is 0.151 e. The summed E-state index contributed by atoms with van der Waals surface area (Å²) in [6, 6.07) is 3.18. The van der Waals surface area contributed by atoms with E-state index < -0.39 is 11.6 Å². The Morgan fingerprint density at radius 3 is 2.56 bits per heavy atom. The Labute approximate surface area is 92.7 Å². The van der Waals surface area contributed by atoms with E-state index in [0.717, 1.165) is 12.1 Å². The van der Waals surface area contributed by atoms with E-state index >= 15 is 0 Å². The Bertz CT molecular complexity index is 425. The summed E-state index contributed by atoms with van der Waals surface area (Å²) in [7, 11) is 0. The van der Waals surface area contributed by atoms with Gasteiger partial charge >= 0.3 is 0 Å². The second-order valence-corrected chi connectivity index (χ2v) is 3.56. The zero-order valence-corrected chi connectivity index (χ0v) is 9.11. The van der Waals surface area contributed by atoms with Crippen LogP contribution in [0.15, 0.2) is 28.3 Å². The standard InChI is InChI=1S/C11H13F2N3/c1-7(2)11(16-14)6-15-10-4-3-8(12)5-9(10)13/h3-7H,14H2,1-2H3. The monoisotopic (exact) mass is 225 g/mol. The number of benzene rings is 1. The SMILES string of the molecule is CC(C)C(C=Nc1ccc(F)cc1F)=NN. The van der Waals surface area contributed by atoms with E-state index in [2.05, 4.69) is 10.1 Å². The highest BCUT2D eigenvalue weighted by molar-refractivity contribution is 6.31. The van der Waals surface area contributed by atoms with Crippen molar-refractivity contribution >= 4 is 17.6 Å². The fourth-order valence-corrected chi connectivity index (χ4v) is 1.05. The number of hydrogen-bond donors (Lipinski definition) is 1. The molecule has 2 N–H and O–H groups in total. The normalized spacial score (nSPS) is 12.7. The summed E-state index contributed by atoms with van der Waals surface area (Å²) >= 11 is 0. The summed E-state index contributed by atoms with van der Waals surface area (Å²) < 4.78 is 25.8. The molecule has 0 spiro atoms. The van der Waals surface area contributed by atoms with Crippen LogP contribution < -0.4 is 5.84 Å². The Morgan fingerprint density at radius 2 is 2.06 bits per heavy atom. The lowest BCUT2D eigenvalue weighted by atomic mass is 10.1. The molecule has 1 aromatic carbocycles. The maximum absolute atomic E-state index is 13.2. The van der Waals surface area contributed by atoms with Gasteiger partial charge in [0, 0.05) is 6.07 Å². The van der Waals surface area contributed by atoms with Crippen LogP contribution in [0.25, 0.3) is 0 Å². The first kappa shape index (κ1) is 12.3. The van der Waals surface area contributed by atoms with E-state index in [1.165, 1.54) is 12.3 Å². The summed E-state index contributed by atoms with van der Waals surface area (Å²) in [5.41, 5.74) is 0.604. The van der Waals surface area contributed by atoms with Gasteiger partial charge in [-0.3, -0.25) is 4.99 Å². The number of nitrogens with two attached hydrogens (primary N) is 1. The molecule has 86 valence electrons. The minimum atomic E-state index is -0.712. The van der Waals surface area contributed by atoms with Crippen LogP contribution in [-0.4, -0.2) is 11.9 Å². The van der Waals surface area contributed by atoms with Crippen LogP contribution in [0.2, 0.25) is 0 Å². The number of hydrazone groups is 1. The third-order valence-electron chi connectivity index (χ3n) is 1.99. The summed E-state index contributed by atoms with van der Waals surface area (Å²) in [6.07, 6.45) is 1.38. The largest absolute Gasteiger partial charge is 0.323 e. The zero-order chi connectivity index (χ0) is 12.1. The topological polar surface area (TPSA) is 50.7 Å². The van der Waals surface area contributed by atoms with Crippen LogP contribution >= 0.6 is 0 Å². The molecular formula is C11H13F2N3. The van der Waals surface area contributed by atoms with Crippen molar-refractivity contribution in [3.63, 3.8) is 0 Å². The molecule has 0 aliphatic rings. The van der Waals surface area contributed by atoms with Gasteiger partial charge in [0.25, 0.3) is 0 Å². The van der Waals surface area contributed by atoms with Crippen molar-refractivity contribution in [3.8, 4) is 0 Å². The van der Waals surface area contributed by atoms with Crippen LogP contribution in [0.5, 0.6) is 0 Å². The van der Waals surface area contributed by atoms with Gasteiger partial charge in [-0.1, -0.05) is 13.8 Å². The first-order chi connectivity index (χ1) is 7.54. The van der Waals surface area contributed by atoms with Crippen LogP contribution in [0.1, 0.15) is 13.8 Å². The van der Waals surface area contributed by atoms with Gasteiger partial charge in [-0.05, 0) is 18.1 Å². The van der Waals surface area contributed by atoms with Crippen LogP contribution in [0, 0.1) is 17.6 Å². The summed E-state index contributed by atoms with van der Waals surface area (Å²) in [5.74, 6) is 3.89. The van der Waals surface area contributed by atoms with E-state index in [0.29, 0.717) is 5.71 Å². The van der Waals surface area contributed by atoms with Crippen molar-refractivity contribution in [2.45, 2.75) is 13.8 Å². The lowest BCUT2D eigenvalue weighted by Gasteiger charge is -2.02. The van der Waals surface area contributed by atoms with E-state index in [4.69, 9.17) is 5.84 Å². The van der Waals surface area contributed by atoms with Crippen LogP contribution in [-0.2, 0) is 0 Å². The minimum absolute atomic E-state index is 0.0585. The van der Waals surface area contributed by atoms with Gasteiger partial charge in [0.1, 0.15) is 5.82 Å². The molecule has 0 aromatic heterocycles. The van der Waals surface area contributed by atoms with E-state index in [1.54, 1.807) is 0 Å². The van der Waals surface area contributed by atoms with Crippen molar-refractivity contribution in [1.82, 2.24) is 0 Å². The fraction of sp³-hybridized carbons (Fsp3) is 0.273. The molecule has 0 amide bonds. The average molecular weight is 225 g/mol.